The number of rotatable bonds is 0. The molecule has 8 rings (SSSR count). The Bertz CT molecular complexity index is 1660. The summed E-state index contributed by atoms with van der Waals surface area (Å²) in [5.74, 6) is 0. The summed E-state index contributed by atoms with van der Waals surface area (Å²) in [6.45, 7) is 4.72. The van der Waals surface area contributed by atoms with Crippen molar-refractivity contribution in [3.8, 4) is 22.3 Å². The summed E-state index contributed by atoms with van der Waals surface area (Å²) in [6, 6.07) is 40.7. The van der Waals surface area contributed by atoms with Gasteiger partial charge in [-0.05, 0) is 73.8 Å². The first kappa shape index (κ1) is 19.2. The Morgan fingerprint density at radius 3 is 1.60 bits per heavy atom. The van der Waals surface area contributed by atoms with Crippen LogP contribution in [-0.2, 0) is 10.8 Å². The molecule has 1 heterocycles. The van der Waals surface area contributed by atoms with Crippen LogP contribution in [0.15, 0.2) is 109 Å². The topological polar surface area (TPSA) is 12.0 Å². The van der Waals surface area contributed by atoms with Crippen LogP contribution in [0.5, 0.6) is 0 Å². The van der Waals surface area contributed by atoms with E-state index in [0.29, 0.717) is 0 Å². The molecule has 0 atom stereocenters. The second-order valence-electron chi connectivity index (χ2n) is 10.6. The second-order valence-corrected chi connectivity index (χ2v) is 10.6. The number of anilines is 2. The quantitative estimate of drug-likeness (QED) is 0.246. The fourth-order valence-corrected chi connectivity index (χ4v) is 7.19. The lowest BCUT2D eigenvalue weighted by atomic mass is 9.64. The molecule has 3 aliphatic rings. The highest BCUT2D eigenvalue weighted by molar-refractivity contribution is 5.95. The summed E-state index contributed by atoms with van der Waals surface area (Å²) in [7, 11) is 0. The van der Waals surface area contributed by atoms with Gasteiger partial charge in [-0.1, -0.05) is 105 Å². The minimum absolute atomic E-state index is 0.0295. The van der Waals surface area contributed by atoms with Crippen LogP contribution < -0.4 is 5.32 Å². The zero-order chi connectivity index (χ0) is 23.4. The Balaban J connectivity index is 1.56. The van der Waals surface area contributed by atoms with Gasteiger partial charge in [0.25, 0.3) is 0 Å². The number of hydrogen-bond acceptors (Lipinski definition) is 1. The van der Waals surface area contributed by atoms with Gasteiger partial charge in [0.2, 0.25) is 0 Å². The molecule has 2 aliphatic carbocycles. The number of para-hydroxylation sites is 1. The van der Waals surface area contributed by atoms with Crippen LogP contribution in [0.4, 0.5) is 11.4 Å². The molecule has 1 N–H and O–H groups in total. The van der Waals surface area contributed by atoms with Crippen molar-refractivity contribution < 1.29 is 0 Å². The van der Waals surface area contributed by atoms with E-state index in [2.05, 4.69) is 128 Å². The van der Waals surface area contributed by atoms with Gasteiger partial charge in [-0.15, -0.1) is 0 Å². The molecule has 35 heavy (non-hydrogen) atoms. The lowest BCUT2D eigenvalue weighted by Gasteiger charge is -2.41. The summed E-state index contributed by atoms with van der Waals surface area (Å²) >= 11 is 0. The highest BCUT2D eigenvalue weighted by Crippen LogP contribution is 2.62. The van der Waals surface area contributed by atoms with E-state index >= 15 is 0 Å². The van der Waals surface area contributed by atoms with E-state index in [1.54, 1.807) is 0 Å². The van der Waals surface area contributed by atoms with Crippen LogP contribution in [0.25, 0.3) is 22.3 Å². The third-order valence-corrected chi connectivity index (χ3v) is 8.68. The molecule has 5 aromatic rings. The van der Waals surface area contributed by atoms with Gasteiger partial charge < -0.3 is 5.32 Å². The van der Waals surface area contributed by atoms with Crippen molar-refractivity contribution in [3.05, 3.63) is 143 Å². The van der Waals surface area contributed by atoms with Crippen LogP contribution >= 0.6 is 0 Å². The van der Waals surface area contributed by atoms with E-state index < -0.39 is 0 Å². The maximum Gasteiger partial charge on any atom is 0.0754 e. The first-order valence-corrected chi connectivity index (χ1v) is 12.5. The van der Waals surface area contributed by atoms with Gasteiger partial charge in [0.1, 0.15) is 0 Å². The molecule has 5 aromatic carbocycles. The molecule has 0 fully saturated rings. The zero-order valence-electron chi connectivity index (χ0n) is 19.9. The second kappa shape index (κ2) is 6.31. The molecule has 1 spiro atoms. The molecule has 1 nitrogen and oxygen atoms in total. The lowest BCUT2D eigenvalue weighted by Crippen LogP contribution is -2.33. The lowest BCUT2D eigenvalue weighted by molar-refractivity contribution is 0.659. The maximum atomic E-state index is 3.85. The minimum Gasteiger partial charge on any atom is -0.355 e. The molecule has 1 heteroatoms. The van der Waals surface area contributed by atoms with Gasteiger partial charge in [0.05, 0.1) is 5.41 Å². The smallest absolute Gasteiger partial charge is 0.0754 e. The fraction of sp³-hybridized carbons (Fsp3) is 0.118. The molecular formula is C34H25N. The number of benzene rings is 5. The Kier molecular flexibility index (Phi) is 3.47. The molecule has 0 unspecified atom stereocenters. The van der Waals surface area contributed by atoms with Crippen molar-refractivity contribution >= 4 is 11.4 Å². The zero-order valence-corrected chi connectivity index (χ0v) is 19.9. The van der Waals surface area contributed by atoms with Gasteiger partial charge in [-0.3, -0.25) is 0 Å². The van der Waals surface area contributed by atoms with Crippen molar-refractivity contribution in [1.82, 2.24) is 0 Å². The van der Waals surface area contributed by atoms with Crippen LogP contribution in [0.1, 0.15) is 47.2 Å². The molecule has 0 saturated heterocycles. The molecule has 0 saturated carbocycles. The normalized spacial score (nSPS) is 16.4. The summed E-state index contributed by atoms with van der Waals surface area (Å²) in [5, 5.41) is 3.85. The average molecular weight is 448 g/mol. The number of fused-ring (bicyclic) bond motifs is 12. The predicted molar refractivity (Wildman–Crippen MR) is 145 cm³/mol. The summed E-state index contributed by atoms with van der Waals surface area (Å²) in [5.41, 5.74) is 15.7. The predicted octanol–water partition coefficient (Wildman–Crippen LogP) is 8.41. The molecule has 166 valence electrons. The summed E-state index contributed by atoms with van der Waals surface area (Å²) in [6.07, 6.45) is 0. The van der Waals surface area contributed by atoms with Crippen LogP contribution in [0.3, 0.4) is 0 Å². The average Bonchev–Trinajstić information content (AvgIpc) is 3.31. The van der Waals surface area contributed by atoms with E-state index in [1.165, 1.54) is 67.0 Å². The van der Waals surface area contributed by atoms with Crippen molar-refractivity contribution in [2.75, 3.05) is 5.32 Å². The van der Waals surface area contributed by atoms with Crippen molar-refractivity contribution in [2.24, 2.45) is 0 Å². The monoisotopic (exact) mass is 447 g/mol. The molecular weight excluding hydrogens is 422 g/mol. The van der Waals surface area contributed by atoms with Gasteiger partial charge in [-0.2, -0.15) is 0 Å². The number of hydrogen-bond donors (Lipinski definition) is 1. The van der Waals surface area contributed by atoms with Crippen LogP contribution in [0, 0.1) is 0 Å². The van der Waals surface area contributed by atoms with Gasteiger partial charge in [-0.25, -0.2) is 0 Å². The third kappa shape index (κ3) is 2.16. The standard InChI is InChI=1S/C34H25N/c1-33(2)25-14-6-3-13-23(25)24-19-30-32(20-29(24)33)35-31-18-10-9-17-28(31)34(30)26-15-7-4-11-21(26)22-12-5-8-16-27(22)34/h3-20,35H,1-2H3. The van der Waals surface area contributed by atoms with E-state index in [9.17, 15) is 0 Å². The molecule has 1 aliphatic heterocycles. The first-order valence-electron chi connectivity index (χ1n) is 12.5. The Morgan fingerprint density at radius 2 is 0.943 bits per heavy atom. The van der Waals surface area contributed by atoms with E-state index in [4.69, 9.17) is 0 Å². The number of nitrogens with one attached hydrogen (secondary N) is 1. The molecule has 0 radical (unpaired) electrons. The van der Waals surface area contributed by atoms with Gasteiger partial charge in [0, 0.05) is 16.8 Å². The van der Waals surface area contributed by atoms with Crippen LogP contribution in [-0.4, -0.2) is 0 Å². The van der Waals surface area contributed by atoms with Gasteiger partial charge >= 0.3 is 0 Å². The first-order chi connectivity index (χ1) is 17.1. The minimum atomic E-state index is -0.346. The summed E-state index contributed by atoms with van der Waals surface area (Å²) < 4.78 is 0. The molecule has 0 bridgehead atoms. The third-order valence-electron chi connectivity index (χ3n) is 8.68. The van der Waals surface area contributed by atoms with Gasteiger partial charge in [0.15, 0.2) is 0 Å². The Labute approximate surface area is 206 Å². The Hall–Kier alpha value is -4.10. The maximum absolute atomic E-state index is 3.85. The van der Waals surface area contributed by atoms with Crippen LogP contribution in [0.2, 0.25) is 0 Å². The fourth-order valence-electron chi connectivity index (χ4n) is 7.19. The highest BCUT2D eigenvalue weighted by atomic mass is 14.9. The summed E-state index contributed by atoms with van der Waals surface area (Å²) in [4.78, 5) is 0. The van der Waals surface area contributed by atoms with Crippen molar-refractivity contribution in [3.63, 3.8) is 0 Å². The SMILES string of the molecule is CC1(C)c2ccccc2-c2cc3c(cc21)Nc1ccccc1C31c2ccccc2-c2ccccc21. The largest absolute Gasteiger partial charge is 0.355 e. The highest BCUT2D eigenvalue weighted by Gasteiger charge is 2.51. The van der Waals surface area contributed by atoms with Crippen molar-refractivity contribution in [1.29, 1.82) is 0 Å². The van der Waals surface area contributed by atoms with E-state index in [1.807, 2.05) is 0 Å². The molecule has 0 amide bonds. The van der Waals surface area contributed by atoms with Crippen molar-refractivity contribution in [2.45, 2.75) is 24.7 Å². The van der Waals surface area contributed by atoms with E-state index in [0.717, 1.165) is 0 Å². The molecule has 0 aromatic heterocycles. The van der Waals surface area contributed by atoms with E-state index in [-0.39, 0.29) is 10.8 Å². The Morgan fingerprint density at radius 1 is 0.429 bits per heavy atom.